The molecule has 37 heavy (non-hydrogen) atoms. The van der Waals surface area contributed by atoms with Crippen LogP contribution in [0.15, 0.2) is 35.3 Å². The zero-order valence-electron chi connectivity index (χ0n) is 21.4. The molecule has 1 unspecified atom stereocenters. The number of carboxylic acid groups (broad SMARTS) is 1. The smallest absolute Gasteiger partial charge is 0.340 e. The molecule has 2 saturated carbocycles. The highest BCUT2D eigenvalue weighted by molar-refractivity contribution is 6.31. The SMILES string of the molecule is CCOC(=O)c1cn(C(CC2CCC(OC)CC2)C(=O)O)c(=O)cc1-c1cc(Cl)ccc1CC1(N)CC1. The summed E-state index contributed by atoms with van der Waals surface area (Å²) in [5, 5.41) is 10.5. The second-order valence-corrected chi connectivity index (χ2v) is 10.8. The first-order valence-corrected chi connectivity index (χ1v) is 13.3. The van der Waals surface area contributed by atoms with E-state index in [2.05, 4.69) is 0 Å². The van der Waals surface area contributed by atoms with Crippen LogP contribution in [0, 0.1) is 5.92 Å². The van der Waals surface area contributed by atoms with Gasteiger partial charge in [0.1, 0.15) is 6.04 Å². The van der Waals surface area contributed by atoms with Crippen molar-refractivity contribution < 1.29 is 24.2 Å². The molecule has 0 spiro atoms. The van der Waals surface area contributed by atoms with Crippen molar-refractivity contribution in [3.05, 3.63) is 57.0 Å². The Bertz CT molecular complexity index is 1210. The second-order valence-electron chi connectivity index (χ2n) is 10.4. The van der Waals surface area contributed by atoms with E-state index < -0.39 is 23.5 Å². The summed E-state index contributed by atoms with van der Waals surface area (Å²) in [6.45, 7) is 1.83. The van der Waals surface area contributed by atoms with E-state index >= 15 is 0 Å². The number of rotatable bonds is 10. The number of halogens is 1. The number of esters is 1. The second kappa shape index (κ2) is 11.4. The number of ether oxygens (including phenoxy) is 2. The third-order valence-electron chi connectivity index (χ3n) is 7.68. The van der Waals surface area contributed by atoms with Crippen LogP contribution < -0.4 is 11.3 Å². The van der Waals surface area contributed by atoms with Gasteiger partial charge in [-0.2, -0.15) is 0 Å². The van der Waals surface area contributed by atoms with Crippen molar-refractivity contribution in [1.29, 1.82) is 0 Å². The molecule has 1 aromatic carbocycles. The first-order chi connectivity index (χ1) is 17.6. The van der Waals surface area contributed by atoms with Crippen LogP contribution in [0.5, 0.6) is 0 Å². The molecule has 0 bridgehead atoms. The number of nitrogens with two attached hydrogens (primary N) is 1. The van der Waals surface area contributed by atoms with Gasteiger partial charge >= 0.3 is 11.9 Å². The maximum Gasteiger partial charge on any atom is 0.340 e. The molecular formula is C28H35ClN2O6. The minimum atomic E-state index is -1.11. The van der Waals surface area contributed by atoms with Gasteiger partial charge in [0.15, 0.2) is 0 Å². The predicted molar refractivity (Wildman–Crippen MR) is 141 cm³/mol. The lowest BCUT2D eigenvalue weighted by Crippen LogP contribution is -2.33. The van der Waals surface area contributed by atoms with Crippen LogP contribution >= 0.6 is 11.6 Å². The van der Waals surface area contributed by atoms with Gasteiger partial charge in [0, 0.05) is 35.5 Å². The quantitative estimate of drug-likeness (QED) is 0.430. The van der Waals surface area contributed by atoms with Crippen molar-refractivity contribution in [3.8, 4) is 11.1 Å². The number of aromatic nitrogens is 1. The molecule has 0 amide bonds. The minimum absolute atomic E-state index is 0.126. The fourth-order valence-corrected chi connectivity index (χ4v) is 5.48. The summed E-state index contributed by atoms with van der Waals surface area (Å²) in [7, 11) is 1.69. The average molecular weight is 531 g/mol. The predicted octanol–water partition coefficient (Wildman–Crippen LogP) is 4.60. The van der Waals surface area contributed by atoms with Crippen molar-refractivity contribution in [2.24, 2.45) is 11.7 Å². The molecule has 0 saturated heterocycles. The largest absolute Gasteiger partial charge is 0.480 e. The molecule has 0 aliphatic heterocycles. The minimum Gasteiger partial charge on any atom is -0.480 e. The molecule has 2 fully saturated rings. The van der Waals surface area contributed by atoms with E-state index in [1.165, 1.54) is 12.3 Å². The van der Waals surface area contributed by atoms with Crippen LogP contribution in [0.2, 0.25) is 5.02 Å². The zero-order valence-corrected chi connectivity index (χ0v) is 22.1. The van der Waals surface area contributed by atoms with Crippen LogP contribution in [-0.2, 0) is 20.7 Å². The van der Waals surface area contributed by atoms with E-state index in [9.17, 15) is 19.5 Å². The highest BCUT2D eigenvalue weighted by atomic mass is 35.5. The molecule has 2 aliphatic rings. The molecule has 1 atom stereocenters. The van der Waals surface area contributed by atoms with Gasteiger partial charge in [0.2, 0.25) is 0 Å². The number of hydrogen-bond donors (Lipinski definition) is 2. The summed E-state index contributed by atoms with van der Waals surface area (Å²) >= 11 is 6.32. The topological polar surface area (TPSA) is 121 Å². The molecular weight excluding hydrogens is 496 g/mol. The Morgan fingerprint density at radius 2 is 1.89 bits per heavy atom. The van der Waals surface area contributed by atoms with E-state index in [0.717, 1.165) is 48.7 Å². The number of nitrogens with zero attached hydrogens (tertiary/aromatic N) is 1. The van der Waals surface area contributed by atoms with E-state index in [4.69, 9.17) is 26.8 Å². The molecule has 8 nitrogen and oxygen atoms in total. The maximum absolute atomic E-state index is 13.4. The van der Waals surface area contributed by atoms with E-state index in [1.54, 1.807) is 26.2 Å². The monoisotopic (exact) mass is 530 g/mol. The van der Waals surface area contributed by atoms with Crippen LogP contribution in [-0.4, -0.2) is 47.0 Å². The van der Waals surface area contributed by atoms with Crippen LogP contribution in [0.1, 0.15) is 73.8 Å². The van der Waals surface area contributed by atoms with E-state index in [0.29, 0.717) is 29.0 Å². The summed E-state index contributed by atoms with van der Waals surface area (Å²) in [4.78, 5) is 38.8. The number of aliphatic carboxylic acids is 1. The third-order valence-corrected chi connectivity index (χ3v) is 7.91. The van der Waals surface area contributed by atoms with Gasteiger partial charge in [-0.1, -0.05) is 17.7 Å². The highest BCUT2D eigenvalue weighted by Gasteiger charge is 2.39. The van der Waals surface area contributed by atoms with Crippen molar-refractivity contribution in [2.45, 2.75) is 76.0 Å². The zero-order chi connectivity index (χ0) is 26.7. The Labute approximate surface area is 221 Å². The molecule has 3 N–H and O–H groups in total. The number of carbonyl (C=O) groups is 2. The van der Waals surface area contributed by atoms with Crippen molar-refractivity contribution >= 4 is 23.5 Å². The Morgan fingerprint density at radius 3 is 2.49 bits per heavy atom. The van der Waals surface area contributed by atoms with E-state index in [-0.39, 0.29) is 29.7 Å². The molecule has 0 radical (unpaired) electrons. The fraction of sp³-hybridized carbons (Fsp3) is 0.536. The first kappa shape index (κ1) is 27.4. The average Bonchev–Trinajstić information content (AvgIpc) is 3.60. The first-order valence-electron chi connectivity index (χ1n) is 12.9. The van der Waals surface area contributed by atoms with Gasteiger partial charge in [-0.3, -0.25) is 4.79 Å². The number of hydrogen-bond acceptors (Lipinski definition) is 6. The molecule has 4 rings (SSSR count). The maximum atomic E-state index is 13.4. The fourth-order valence-electron chi connectivity index (χ4n) is 5.31. The van der Waals surface area contributed by atoms with Gasteiger partial charge < -0.3 is 24.9 Å². The van der Waals surface area contributed by atoms with Gasteiger partial charge in [0.25, 0.3) is 5.56 Å². The van der Waals surface area contributed by atoms with Crippen LogP contribution in [0.3, 0.4) is 0 Å². The summed E-state index contributed by atoms with van der Waals surface area (Å²) in [6, 6.07) is 5.57. The Kier molecular flexibility index (Phi) is 8.41. The van der Waals surface area contributed by atoms with Gasteiger partial charge in [-0.05, 0) is 87.5 Å². The molecule has 2 aromatic rings. The van der Waals surface area contributed by atoms with E-state index in [1.807, 2.05) is 6.07 Å². The standard InChI is InChI=1S/C28H35ClN2O6/c1-3-37-27(35)23-16-31(24(26(33)34)12-17-4-8-20(36-2)9-5-17)25(32)14-22(23)21-13-19(29)7-6-18(21)15-28(30)10-11-28/h6-7,13-14,16-17,20,24H,3-5,8-12,15,30H2,1-2H3,(H,33,34). The Hall–Kier alpha value is -2.68. The highest BCUT2D eigenvalue weighted by Crippen LogP contribution is 2.40. The van der Waals surface area contributed by atoms with Crippen molar-refractivity contribution in [2.75, 3.05) is 13.7 Å². The lowest BCUT2D eigenvalue weighted by atomic mass is 9.83. The summed E-state index contributed by atoms with van der Waals surface area (Å²) in [6.07, 6.45) is 7.56. The Morgan fingerprint density at radius 1 is 1.19 bits per heavy atom. The number of carbonyl (C=O) groups excluding carboxylic acids is 1. The third kappa shape index (κ3) is 6.43. The molecule has 9 heteroatoms. The molecule has 1 aromatic heterocycles. The molecule has 1 heterocycles. The van der Waals surface area contributed by atoms with Gasteiger partial charge in [-0.25, -0.2) is 9.59 Å². The lowest BCUT2D eigenvalue weighted by molar-refractivity contribution is -0.141. The number of benzene rings is 1. The number of pyridine rings is 1. The normalized spacial score (nSPS) is 21.3. The van der Waals surface area contributed by atoms with Gasteiger partial charge in [-0.15, -0.1) is 0 Å². The number of carboxylic acids is 1. The van der Waals surface area contributed by atoms with Crippen molar-refractivity contribution in [3.63, 3.8) is 0 Å². The summed E-state index contributed by atoms with van der Waals surface area (Å²) < 4.78 is 11.9. The summed E-state index contributed by atoms with van der Waals surface area (Å²) in [5.74, 6) is -1.60. The van der Waals surface area contributed by atoms with Gasteiger partial charge in [0.05, 0.1) is 18.3 Å². The molecule has 200 valence electrons. The number of methoxy groups -OCH3 is 1. The van der Waals surface area contributed by atoms with Crippen LogP contribution in [0.4, 0.5) is 0 Å². The van der Waals surface area contributed by atoms with Crippen LogP contribution in [0.25, 0.3) is 11.1 Å². The van der Waals surface area contributed by atoms with Crippen molar-refractivity contribution in [1.82, 2.24) is 4.57 Å². The summed E-state index contributed by atoms with van der Waals surface area (Å²) in [5.41, 5.74) is 7.56. The Balaban J connectivity index is 1.76. The molecule has 2 aliphatic carbocycles. The lowest BCUT2D eigenvalue weighted by Gasteiger charge is -2.30.